The normalized spacial score (nSPS) is 14.9. The Kier molecular flexibility index (Phi) is 3.30. The Hall–Kier alpha value is -2.10. The van der Waals surface area contributed by atoms with E-state index in [1.165, 1.54) is 17.5 Å². The van der Waals surface area contributed by atoms with Crippen LogP contribution in [0.15, 0.2) is 30.6 Å². The SMILES string of the molecule is C[C@H](NC(=O)c1ccc2c(c1)CCC2)c1cnn(C)c1. The van der Waals surface area contributed by atoms with Gasteiger partial charge in [0, 0.05) is 24.4 Å². The van der Waals surface area contributed by atoms with Crippen molar-refractivity contribution in [2.75, 3.05) is 0 Å². The van der Waals surface area contributed by atoms with Gasteiger partial charge in [-0.2, -0.15) is 5.10 Å². The summed E-state index contributed by atoms with van der Waals surface area (Å²) in [6.45, 7) is 1.97. The maximum Gasteiger partial charge on any atom is 0.251 e. The molecule has 0 aliphatic heterocycles. The Labute approximate surface area is 118 Å². The molecule has 0 saturated heterocycles. The van der Waals surface area contributed by atoms with Gasteiger partial charge in [0.25, 0.3) is 5.91 Å². The molecular weight excluding hydrogens is 250 g/mol. The number of aromatic nitrogens is 2. The van der Waals surface area contributed by atoms with E-state index in [0.717, 1.165) is 24.0 Å². The first kappa shape index (κ1) is 12.9. The van der Waals surface area contributed by atoms with Crippen LogP contribution in [0.2, 0.25) is 0 Å². The molecule has 1 aromatic carbocycles. The highest BCUT2D eigenvalue weighted by molar-refractivity contribution is 5.94. The van der Waals surface area contributed by atoms with E-state index in [4.69, 9.17) is 0 Å². The van der Waals surface area contributed by atoms with Gasteiger partial charge in [0.2, 0.25) is 0 Å². The zero-order chi connectivity index (χ0) is 14.1. The number of carbonyl (C=O) groups is 1. The predicted molar refractivity (Wildman–Crippen MR) is 77.6 cm³/mol. The van der Waals surface area contributed by atoms with Gasteiger partial charge in [0.15, 0.2) is 0 Å². The minimum atomic E-state index is -0.0375. The van der Waals surface area contributed by atoms with Gasteiger partial charge >= 0.3 is 0 Å². The molecule has 0 spiro atoms. The lowest BCUT2D eigenvalue weighted by Gasteiger charge is -2.12. The third kappa shape index (κ3) is 2.46. The van der Waals surface area contributed by atoms with Crippen LogP contribution in [0.25, 0.3) is 0 Å². The van der Waals surface area contributed by atoms with Crippen molar-refractivity contribution < 1.29 is 4.79 Å². The van der Waals surface area contributed by atoms with Crippen LogP contribution in [-0.4, -0.2) is 15.7 Å². The molecule has 1 amide bonds. The van der Waals surface area contributed by atoms with Crippen molar-refractivity contribution in [3.63, 3.8) is 0 Å². The average Bonchev–Trinajstić information content (AvgIpc) is 3.05. The molecule has 1 aliphatic rings. The number of nitrogens with zero attached hydrogens (tertiary/aromatic N) is 2. The summed E-state index contributed by atoms with van der Waals surface area (Å²) in [6, 6.07) is 6.01. The van der Waals surface area contributed by atoms with Crippen LogP contribution < -0.4 is 5.32 Å². The lowest BCUT2D eigenvalue weighted by molar-refractivity contribution is 0.0940. The number of benzene rings is 1. The summed E-state index contributed by atoms with van der Waals surface area (Å²) in [7, 11) is 1.87. The fraction of sp³-hybridized carbons (Fsp3) is 0.375. The van der Waals surface area contributed by atoms with E-state index < -0.39 is 0 Å². The van der Waals surface area contributed by atoms with Crippen molar-refractivity contribution in [2.24, 2.45) is 7.05 Å². The second kappa shape index (κ2) is 5.12. The van der Waals surface area contributed by atoms with Crippen molar-refractivity contribution >= 4 is 5.91 Å². The fourth-order valence-corrected chi connectivity index (χ4v) is 2.74. The monoisotopic (exact) mass is 269 g/mol. The molecule has 0 unspecified atom stereocenters. The van der Waals surface area contributed by atoms with Crippen molar-refractivity contribution in [1.29, 1.82) is 0 Å². The molecule has 1 aromatic heterocycles. The maximum atomic E-state index is 12.3. The van der Waals surface area contributed by atoms with E-state index >= 15 is 0 Å². The van der Waals surface area contributed by atoms with Crippen LogP contribution in [0.5, 0.6) is 0 Å². The van der Waals surface area contributed by atoms with Gasteiger partial charge in [-0.05, 0) is 49.4 Å². The molecule has 0 radical (unpaired) electrons. The van der Waals surface area contributed by atoms with E-state index in [1.54, 1.807) is 10.9 Å². The highest BCUT2D eigenvalue weighted by Crippen LogP contribution is 2.23. The highest BCUT2D eigenvalue weighted by Gasteiger charge is 2.16. The second-order valence-electron chi connectivity index (χ2n) is 5.48. The summed E-state index contributed by atoms with van der Waals surface area (Å²) in [4.78, 5) is 12.3. The maximum absolute atomic E-state index is 12.3. The van der Waals surface area contributed by atoms with E-state index in [2.05, 4.69) is 16.5 Å². The van der Waals surface area contributed by atoms with Gasteiger partial charge in [-0.15, -0.1) is 0 Å². The number of aryl methyl sites for hydroxylation is 3. The average molecular weight is 269 g/mol. The molecule has 20 heavy (non-hydrogen) atoms. The van der Waals surface area contributed by atoms with Crippen LogP contribution in [0.1, 0.15) is 46.4 Å². The highest BCUT2D eigenvalue weighted by atomic mass is 16.1. The van der Waals surface area contributed by atoms with Gasteiger partial charge in [0.1, 0.15) is 0 Å². The minimum Gasteiger partial charge on any atom is -0.345 e. The lowest BCUT2D eigenvalue weighted by atomic mass is 10.1. The first-order valence-electron chi connectivity index (χ1n) is 7.04. The van der Waals surface area contributed by atoms with Gasteiger partial charge in [0.05, 0.1) is 12.2 Å². The molecule has 104 valence electrons. The van der Waals surface area contributed by atoms with E-state index in [9.17, 15) is 4.79 Å². The quantitative estimate of drug-likeness (QED) is 0.930. The molecule has 2 aromatic rings. The number of carbonyl (C=O) groups excluding carboxylic acids is 1. The van der Waals surface area contributed by atoms with Gasteiger partial charge in [-0.25, -0.2) is 0 Å². The van der Waals surface area contributed by atoms with Gasteiger partial charge in [-0.3, -0.25) is 9.48 Å². The molecule has 0 bridgehead atoms. The van der Waals surface area contributed by atoms with Crippen molar-refractivity contribution in [3.8, 4) is 0 Å². The smallest absolute Gasteiger partial charge is 0.251 e. The number of nitrogens with one attached hydrogen (secondary N) is 1. The molecule has 0 saturated carbocycles. The van der Waals surface area contributed by atoms with E-state index in [-0.39, 0.29) is 11.9 Å². The standard InChI is InChI=1S/C16H19N3O/c1-11(15-9-17-19(2)10-15)18-16(20)14-7-6-12-4-3-5-13(12)8-14/h6-11H,3-5H2,1-2H3,(H,18,20)/t11-/m0/s1. The summed E-state index contributed by atoms with van der Waals surface area (Å²) in [5.74, 6) is -0.0175. The summed E-state index contributed by atoms with van der Waals surface area (Å²) < 4.78 is 1.74. The van der Waals surface area contributed by atoms with E-state index in [1.807, 2.05) is 32.3 Å². The zero-order valence-electron chi connectivity index (χ0n) is 11.9. The van der Waals surface area contributed by atoms with Crippen LogP contribution in [-0.2, 0) is 19.9 Å². The Balaban J connectivity index is 1.73. The Morgan fingerprint density at radius 2 is 2.15 bits per heavy atom. The molecule has 4 nitrogen and oxygen atoms in total. The first-order valence-corrected chi connectivity index (χ1v) is 7.04. The van der Waals surface area contributed by atoms with E-state index in [0.29, 0.717) is 0 Å². The summed E-state index contributed by atoms with van der Waals surface area (Å²) in [5, 5.41) is 7.16. The summed E-state index contributed by atoms with van der Waals surface area (Å²) in [5.41, 5.74) is 4.48. The van der Waals surface area contributed by atoms with Crippen LogP contribution in [0.4, 0.5) is 0 Å². The molecule has 1 heterocycles. The molecule has 1 aliphatic carbocycles. The topological polar surface area (TPSA) is 46.9 Å². The first-order chi connectivity index (χ1) is 9.63. The predicted octanol–water partition coefficient (Wildman–Crippen LogP) is 2.40. The molecule has 1 atom stereocenters. The lowest BCUT2D eigenvalue weighted by Crippen LogP contribution is -2.26. The molecule has 3 rings (SSSR count). The third-order valence-corrected chi connectivity index (χ3v) is 3.93. The fourth-order valence-electron chi connectivity index (χ4n) is 2.74. The number of rotatable bonds is 3. The number of fused-ring (bicyclic) bond motifs is 1. The van der Waals surface area contributed by atoms with Crippen LogP contribution in [0, 0.1) is 0 Å². The Morgan fingerprint density at radius 1 is 1.35 bits per heavy atom. The number of hydrogen-bond donors (Lipinski definition) is 1. The molecule has 0 fully saturated rings. The van der Waals surface area contributed by atoms with Crippen LogP contribution >= 0.6 is 0 Å². The second-order valence-corrected chi connectivity index (χ2v) is 5.48. The van der Waals surface area contributed by atoms with Crippen LogP contribution in [0.3, 0.4) is 0 Å². The molecule has 1 N–H and O–H groups in total. The Morgan fingerprint density at radius 3 is 2.90 bits per heavy atom. The summed E-state index contributed by atoms with van der Waals surface area (Å²) >= 11 is 0. The molecule has 4 heteroatoms. The third-order valence-electron chi connectivity index (χ3n) is 3.93. The Bertz CT molecular complexity index is 645. The largest absolute Gasteiger partial charge is 0.345 e. The zero-order valence-corrected chi connectivity index (χ0v) is 11.9. The molecular formula is C16H19N3O. The number of amides is 1. The number of hydrogen-bond acceptors (Lipinski definition) is 2. The van der Waals surface area contributed by atoms with Crippen molar-refractivity contribution in [1.82, 2.24) is 15.1 Å². The van der Waals surface area contributed by atoms with Gasteiger partial charge in [-0.1, -0.05) is 6.07 Å². The summed E-state index contributed by atoms with van der Waals surface area (Å²) in [6.07, 6.45) is 7.14. The minimum absolute atomic E-state index is 0.0175. The van der Waals surface area contributed by atoms with Crippen molar-refractivity contribution in [2.45, 2.75) is 32.2 Å². The van der Waals surface area contributed by atoms with Crippen molar-refractivity contribution in [3.05, 3.63) is 52.8 Å². The van der Waals surface area contributed by atoms with Gasteiger partial charge < -0.3 is 5.32 Å².